The lowest BCUT2D eigenvalue weighted by atomic mass is 10.0. The summed E-state index contributed by atoms with van der Waals surface area (Å²) >= 11 is 0. The van der Waals surface area contributed by atoms with E-state index in [1.54, 1.807) is 21.0 Å². The zero-order valence-corrected chi connectivity index (χ0v) is 12.8. The van der Waals surface area contributed by atoms with Crippen molar-refractivity contribution >= 4 is 5.97 Å². The SMILES string of the molecule is CCN(Cc1cc(OC)c2c(c1)OCO2)C(C)(C)C(=O)O. The Hall–Kier alpha value is -1.95. The molecule has 0 saturated heterocycles. The fraction of sp³-hybridized carbons (Fsp3) is 0.533. The molecular formula is C15H21NO5. The van der Waals surface area contributed by atoms with Gasteiger partial charge in [0.25, 0.3) is 0 Å². The van der Waals surface area contributed by atoms with Crippen molar-refractivity contribution in [1.82, 2.24) is 4.90 Å². The minimum atomic E-state index is -0.946. The summed E-state index contributed by atoms with van der Waals surface area (Å²) in [5.41, 5.74) is -0.0227. The number of nitrogens with zero attached hydrogens (tertiary/aromatic N) is 1. The molecule has 6 nitrogen and oxygen atoms in total. The van der Waals surface area contributed by atoms with Crippen molar-refractivity contribution in [3.63, 3.8) is 0 Å². The van der Waals surface area contributed by atoms with Gasteiger partial charge in [0.2, 0.25) is 12.5 Å². The molecule has 0 aliphatic carbocycles. The van der Waals surface area contributed by atoms with Gasteiger partial charge >= 0.3 is 5.97 Å². The van der Waals surface area contributed by atoms with Gasteiger partial charge in [-0.05, 0) is 38.1 Å². The maximum Gasteiger partial charge on any atom is 0.323 e. The highest BCUT2D eigenvalue weighted by atomic mass is 16.7. The van der Waals surface area contributed by atoms with Gasteiger partial charge in [0.15, 0.2) is 11.5 Å². The highest BCUT2D eigenvalue weighted by Gasteiger charge is 2.34. The average Bonchev–Trinajstić information content (AvgIpc) is 2.91. The first kappa shape index (κ1) is 15.4. The number of methoxy groups -OCH3 is 1. The summed E-state index contributed by atoms with van der Waals surface area (Å²) in [6.45, 7) is 6.62. The molecule has 1 aliphatic rings. The van der Waals surface area contributed by atoms with E-state index in [9.17, 15) is 9.90 Å². The molecule has 0 radical (unpaired) electrons. The van der Waals surface area contributed by atoms with E-state index in [1.165, 1.54) is 0 Å². The summed E-state index contributed by atoms with van der Waals surface area (Å²) in [6.07, 6.45) is 0. The molecule has 116 valence electrons. The van der Waals surface area contributed by atoms with Gasteiger partial charge in [0.05, 0.1) is 7.11 Å². The normalized spacial score (nSPS) is 13.6. The zero-order chi connectivity index (χ0) is 15.6. The van der Waals surface area contributed by atoms with Crippen molar-refractivity contribution in [3.8, 4) is 17.2 Å². The molecule has 0 unspecified atom stereocenters. The third kappa shape index (κ3) is 2.90. The summed E-state index contributed by atoms with van der Waals surface area (Å²) in [7, 11) is 1.57. The van der Waals surface area contributed by atoms with Crippen LogP contribution in [0.1, 0.15) is 26.3 Å². The van der Waals surface area contributed by atoms with Gasteiger partial charge < -0.3 is 19.3 Å². The molecule has 0 atom stereocenters. The molecule has 0 aromatic heterocycles. The Morgan fingerprint density at radius 3 is 2.71 bits per heavy atom. The van der Waals surface area contributed by atoms with Crippen LogP contribution >= 0.6 is 0 Å². The smallest absolute Gasteiger partial charge is 0.323 e. The fourth-order valence-corrected chi connectivity index (χ4v) is 2.34. The predicted octanol–water partition coefficient (Wildman–Crippen LogP) is 2.11. The van der Waals surface area contributed by atoms with E-state index in [-0.39, 0.29) is 6.79 Å². The lowest BCUT2D eigenvalue weighted by molar-refractivity contribution is -0.149. The molecule has 1 aromatic carbocycles. The first-order chi connectivity index (χ1) is 9.90. The number of aliphatic carboxylic acids is 1. The number of rotatable bonds is 6. The minimum absolute atomic E-state index is 0.174. The van der Waals surface area contributed by atoms with E-state index in [0.29, 0.717) is 30.3 Å². The Labute approximate surface area is 124 Å². The summed E-state index contributed by atoms with van der Waals surface area (Å²) in [5.74, 6) is 0.983. The van der Waals surface area contributed by atoms with Crippen LogP contribution in [0.4, 0.5) is 0 Å². The van der Waals surface area contributed by atoms with Gasteiger partial charge in [-0.3, -0.25) is 9.69 Å². The minimum Gasteiger partial charge on any atom is -0.493 e. The van der Waals surface area contributed by atoms with Crippen molar-refractivity contribution in [3.05, 3.63) is 17.7 Å². The molecule has 21 heavy (non-hydrogen) atoms. The highest BCUT2D eigenvalue weighted by molar-refractivity contribution is 5.77. The van der Waals surface area contributed by atoms with Gasteiger partial charge in [0, 0.05) is 6.54 Å². The highest BCUT2D eigenvalue weighted by Crippen LogP contribution is 2.42. The first-order valence-electron chi connectivity index (χ1n) is 6.85. The van der Waals surface area contributed by atoms with Crippen molar-refractivity contribution in [1.29, 1.82) is 0 Å². The van der Waals surface area contributed by atoms with Crippen LogP contribution in [0.3, 0.4) is 0 Å². The number of ether oxygens (including phenoxy) is 3. The Kier molecular flexibility index (Phi) is 4.27. The van der Waals surface area contributed by atoms with Crippen LogP contribution in [-0.4, -0.2) is 42.0 Å². The van der Waals surface area contributed by atoms with Crippen molar-refractivity contribution < 1.29 is 24.1 Å². The van der Waals surface area contributed by atoms with Crippen molar-refractivity contribution in [2.75, 3.05) is 20.4 Å². The molecule has 1 N–H and O–H groups in total. The maximum atomic E-state index is 11.4. The van der Waals surface area contributed by atoms with E-state index in [4.69, 9.17) is 14.2 Å². The number of carboxylic acids is 1. The van der Waals surface area contributed by atoms with Crippen LogP contribution in [-0.2, 0) is 11.3 Å². The van der Waals surface area contributed by atoms with Crippen LogP contribution in [0.15, 0.2) is 12.1 Å². The molecule has 1 aromatic rings. The Bertz CT molecular complexity index is 541. The Morgan fingerprint density at radius 1 is 1.43 bits per heavy atom. The van der Waals surface area contributed by atoms with E-state index >= 15 is 0 Å². The van der Waals surface area contributed by atoms with Crippen molar-refractivity contribution in [2.45, 2.75) is 32.9 Å². The number of carbonyl (C=O) groups is 1. The molecule has 0 amide bonds. The molecule has 6 heteroatoms. The predicted molar refractivity (Wildman–Crippen MR) is 76.9 cm³/mol. The van der Waals surface area contributed by atoms with E-state index in [2.05, 4.69) is 0 Å². The van der Waals surface area contributed by atoms with Crippen LogP contribution < -0.4 is 14.2 Å². The standard InChI is InChI=1S/C15H21NO5/c1-5-16(15(2,3)14(17)18)8-10-6-11(19-4)13-12(7-10)20-9-21-13/h6-7H,5,8-9H2,1-4H3,(H,17,18). The van der Waals surface area contributed by atoms with Crippen LogP contribution in [0.25, 0.3) is 0 Å². The zero-order valence-electron chi connectivity index (χ0n) is 12.8. The largest absolute Gasteiger partial charge is 0.493 e. The number of hydrogen-bond donors (Lipinski definition) is 1. The number of likely N-dealkylation sites (N-methyl/N-ethyl adjacent to an activating group) is 1. The second-order valence-corrected chi connectivity index (χ2v) is 5.41. The summed E-state index contributed by atoms with van der Waals surface area (Å²) < 4.78 is 16.1. The first-order valence-corrected chi connectivity index (χ1v) is 6.85. The van der Waals surface area contributed by atoms with Crippen molar-refractivity contribution in [2.24, 2.45) is 0 Å². The molecule has 0 bridgehead atoms. The van der Waals surface area contributed by atoms with Crippen LogP contribution in [0.2, 0.25) is 0 Å². The van der Waals surface area contributed by atoms with Crippen LogP contribution in [0, 0.1) is 0 Å². The van der Waals surface area contributed by atoms with E-state index in [0.717, 1.165) is 5.56 Å². The monoisotopic (exact) mass is 295 g/mol. The lowest BCUT2D eigenvalue weighted by Gasteiger charge is -2.34. The van der Waals surface area contributed by atoms with E-state index in [1.807, 2.05) is 24.0 Å². The van der Waals surface area contributed by atoms with Gasteiger partial charge in [-0.25, -0.2) is 0 Å². The number of carboxylic acid groups (broad SMARTS) is 1. The second kappa shape index (κ2) is 5.81. The third-order valence-electron chi connectivity index (χ3n) is 3.79. The topological polar surface area (TPSA) is 68.2 Å². The maximum absolute atomic E-state index is 11.4. The quantitative estimate of drug-likeness (QED) is 0.867. The summed E-state index contributed by atoms with van der Waals surface area (Å²) in [4.78, 5) is 13.3. The van der Waals surface area contributed by atoms with Gasteiger partial charge in [-0.15, -0.1) is 0 Å². The molecular weight excluding hydrogens is 274 g/mol. The Balaban J connectivity index is 2.28. The third-order valence-corrected chi connectivity index (χ3v) is 3.79. The summed E-state index contributed by atoms with van der Waals surface area (Å²) in [6, 6.07) is 3.72. The Morgan fingerprint density at radius 2 is 2.14 bits per heavy atom. The fourth-order valence-electron chi connectivity index (χ4n) is 2.34. The molecule has 1 aliphatic heterocycles. The summed E-state index contributed by atoms with van der Waals surface area (Å²) in [5, 5.41) is 9.37. The van der Waals surface area contributed by atoms with Gasteiger partial charge in [-0.2, -0.15) is 0 Å². The van der Waals surface area contributed by atoms with Crippen LogP contribution in [0.5, 0.6) is 17.2 Å². The molecule has 1 heterocycles. The van der Waals surface area contributed by atoms with Gasteiger partial charge in [-0.1, -0.05) is 6.92 Å². The second-order valence-electron chi connectivity index (χ2n) is 5.41. The lowest BCUT2D eigenvalue weighted by Crippen LogP contribution is -2.49. The van der Waals surface area contributed by atoms with E-state index < -0.39 is 11.5 Å². The number of fused-ring (bicyclic) bond motifs is 1. The average molecular weight is 295 g/mol. The van der Waals surface area contributed by atoms with Gasteiger partial charge in [0.1, 0.15) is 5.54 Å². The number of benzene rings is 1. The molecule has 2 rings (SSSR count). The number of hydrogen-bond acceptors (Lipinski definition) is 5. The molecule has 0 saturated carbocycles. The molecule has 0 fully saturated rings. The molecule has 0 spiro atoms.